The fraction of sp³-hybridized carbons (Fsp3) is 0.364. The fourth-order valence-electron chi connectivity index (χ4n) is 3.53. The molecule has 0 saturated heterocycles. The van der Waals surface area contributed by atoms with Gasteiger partial charge in [-0.3, -0.25) is 0 Å². The Morgan fingerprint density at radius 3 is 2.65 bits per heavy atom. The molecule has 0 saturated carbocycles. The number of rotatable bonds is 4. The largest absolute Gasteiger partial charge is 0.398 e. The van der Waals surface area contributed by atoms with Crippen molar-refractivity contribution in [2.75, 3.05) is 0 Å². The molecule has 2 N–H and O–H groups in total. The summed E-state index contributed by atoms with van der Waals surface area (Å²) >= 11 is 0. The Balaban J connectivity index is 1.66. The number of hydrogen-bond donors (Lipinski definition) is 1. The summed E-state index contributed by atoms with van der Waals surface area (Å²) < 4.78 is 0. The first-order valence-corrected chi connectivity index (χ1v) is 8.84. The highest BCUT2D eigenvalue weighted by atomic mass is 14.6. The lowest BCUT2D eigenvalue weighted by atomic mass is 9.87. The van der Waals surface area contributed by atoms with Crippen molar-refractivity contribution in [2.24, 2.45) is 11.7 Å². The van der Waals surface area contributed by atoms with Crippen LogP contribution in [0.5, 0.6) is 0 Å². The lowest BCUT2D eigenvalue weighted by Crippen LogP contribution is -2.08. The van der Waals surface area contributed by atoms with Gasteiger partial charge in [0.1, 0.15) is 0 Å². The molecule has 0 spiro atoms. The highest BCUT2D eigenvalue weighted by Gasteiger charge is 2.14. The van der Waals surface area contributed by atoms with E-state index < -0.39 is 0 Å². The van der Waals surface area contributed by atoms with Crippen molar-refractivity contribution in [1.82, 2.24) is 0 Å². The first kappa shape index (κ1) is 15.9. The van der Waals surface area contributed by atoms with Gasteiger partial charge in [0, 0.05) is 11.6 Å². The standard InChI is InChI=1S/C22H27N/c1-17(18-8-4-2-5-9-18)16-22(23)21-14-12-20(13-15-21)19-10-6-3-7-11-19/h3,6-8,10-12,14-17,20H,2,4-5,9,13,23H2,1H3/b22-16-. The molecular weight excluding hydrogens is 278 g/mol. The topological polar surface area (TPSA) is 26.0 Å². The molecule has 1 nitrogen and oxygen atoms in total. The predicted molar refractivity (Wildman–Crippen MR) is 99.0 cm³/mol. The summed E-state index contributed by atoms with van der Waals surface area (Å²) in [5.74, 6) is 0.933. The summed E-state index contributed by atoms with van der Waals surface area (Å²) in [6.07, 6.45) is 17.6. The van der Waals surface area contributed by atoms with Crippen molar-refractivity contribution in [3.63, 3.8) is 0 Å². The number of nitrogens with two attached hydrogens (primary N) is 1. The summed E-state index contributed by atoms with van der Waals surface area (Å²) in [5.41, 5.74) is 11.4. The van der Waals surface area contributed by atoms with Gasteiger partial charge in [-0.1, -0.05) is 73.2 Å². The van der Waals surface area contributed by atoms with Gasteiger partial charge in [0.25, 0.3) is 0 Å². The van der Waals surface area contributed by atoms with Crippen LogP contribution in [0.4, 0.5) is 0 Å². The molecule has 1 aromatic carbocycles. The van der Waals surface area contributed by atoms with Crippen LogP contribution in [0, 0.1) is 5.92 Å². The molecule has 0 bridgehead atoms. The van der Waals surface area contributed by atoms with Crippen molar-refractivity contribution in [3.05, 3.63) is 83.1 Å². The highest BCUT2D eigenvalue weighted by molar-refractivity contribution is 5.43. The molecule has 0 heterocycles. The van der Waals surface area contributed by atoms with E-state index in [1.54, 1.807) is 5.57 Å². The first-order chi connectivity index (χ1) is 11.2. The van der Waals surface area contributed by atoms with E-state index in [0.717, 1.165) is 12.1 Å². The molecule has 0 fully saturated rings. The number of allylic oxidation sites excluding steroid dienone is 6. The van der Waals surface area contributed by atoms with Crippen LogP contribution in [0.15, 0.2) is 77.6 Å². The molecular formula is C22H27N. The maximum absolute atomic E-state index is 6.35. The summed E-state index contributed by atoms with van der Waals surface area (Å²) in [6.45, 7) is 2.27. The molecule has 1 aromatic rings. The molecule has 2 unspecified atom stereocenters. The Bertz CT molecular complexity index is 646. The zero-order valence-electron chi connectivity index (χ0n) is 14.0. The predicted octanol–water partition coefficient (Wildman–Crippen LogP) is 5.64. The van der Waals surface area contributed by atoms with E-state index in [4.69, 9.17) is 5.73 Å². The number of benzene rings is 1. The van der Waals surface area contributed by atoms with Crippen LogP contribution in [-0.4, -0.2) is 0 Å². The molecule has 0 aromatic heterocycles. The van der Waals surface area contributed by atoms with E-state index in [-0.39, 0.29) is 0 Å². The molecule has 23 heavy (non-hydrogen) atoms. The van der Waals surface area contributed by atoms with Crippen LogP contribution >= 0.6 is 0 Å². The molecule has 2 atom stereocenters. The van der Waals surface area contributed by atoms with Gasteiger partial charge < -0.3 is 5.73 Å². The Morgan fingerprint density at radius 2 is 2.00 bits per heavy atom. The van der Waals surface area contributed by atoms with Crippen LogP contribution < -0.4 is 5.73 Å². The van der Waals surface area contributed by atoms with E-state index >= 15 is 0 Å². The third kappa shape index (κ3) is 4.04. The Labute approximate surface area is 140 Å². The maximum atomic E-state index is 6.35. The molecule has 0 aliphatic heterocycles. The zero-order valence-corrected chi connectivity index (χ0v) is 14.0. The van der Waals surface area contributed by atoms with E-state index in [9.17, 15) is 0 Å². The van der Waals surface area contributed by atoms with Crippen molar-refractivity contribution in [3.8, 4) is 0 Å². The molecule has 0 radical (unpaired) electrons. The summed E-state index contributed by atoms with van der Waals surface area (Å²) in [7, 11) is 0. The van der Waals surface area contributed by atoms with Gasteiger partial charge >= 0.3 is 0 Å². The minimum Gasteiger partial charge on any atom is -0.398 e. The molecule has 2 aliphatic carbocycles. The lowest BCUT2D eigenvalue weighted by molar-refractivity contribution is 0.645. The highest BCUT2D eigenvalue weighted by Crippen LogP contribution is 2.30. The second kappa shape index (κ2) is 7.50. The summed E-state index contributed by atoms with van der Waals surface area (Å²) in [4.78, 5) is 0. The van der Waals surface area contributed by atoms with Crippen LogP contribution in [0.1, 0.15) is 50.5 Å². The minimum atomic E-state index is 0.455. The van der Waals surface area contributed by atoms with Crippen molar-refractivity contribution in [1.29, 1.82) is 0 Å². The van der Waals surface area contributed by atoms with E-state index in [1.807, 2.05) is 0 Å². The second-order valence-corrected chi connectivity index (χ2v) is 6.71. The quantitative estimate of drug-likeness (QED) is 0.716. The van der Waals surface area contributed by atoms with Crippen molar-refractivity contribution in [2.45, 2.75) is 44.9 Å². The van der Waals surface area contributed by atoms with E-state index in [2.05, 4.69) is 67.6 Å². The van der Waals surface area contributed by atoms with Crippen LogP contribution in [0.25, 0.3) is 0 Å². The van der Waals surface area contributed by atoms with E-state index in [1.165, 1.54) is 36.8 Å². The average molecular weight is 305 g/mol. The van der Waals surface area contributed by atoms with Gasteiger partial charge in [-0.15, -0.1) is 0 Å². The summed E-state index contributed by atoms with van der Waals surface area (Å²) in [6, 6.07) is 10.7. The summed E-state index contributed by atoms with van der Waals surface area (Å²) in [5, 5.41) is 0. The van der Waals surface area contributed by atoms with Crippen LogP contribution in [0.3, 0.4) is 0 Å². The normalized spacial score (nSPS) is 23.2. The van der Waals surface area contributed by atoms with Gasteiger partial charge in [-0.25, -0.2) is 0 Å². The molecule has 2 aliphatic rings. The SMILES string of the molecule is CC(/C=C(\N)C1=CCC(c2ccccc2)C=C1)C1=CCCCC1. The Hall–Kier alpha value is -2.02. The third-order valence-electron chi connectivity index (χ3n) is 5.00. The van der Waals surface area contributed by atoms with Crippen LogP contribution in [0.2, 0.25) is 0 Å². The molecule has 3 rings (SSSR count). The molecule has 0 amide bonds. The van der Waals surface area contributed by atoms with Crippen molar-refractivity contribution < 1.29 is 0 Å². The van der Waals surface area contributed by atoms with Crippen LogP contribution in [-0.2, 0) is 0 Å². The van der Waals surface area contributed by atoms with E-state index in [0.29, 0.717) is 11.8 Å². The number of hydrogen-bond acceptors (Lipinski definition) is 1. The fourth-order valence-corrected chi connectivity index (χ4v) is 3.53. The lowest BCUT2D eigenvalue weighted by Gasteiger charge is -2.19. The first-order valence-electron chi connectivity index (χ1n) is 8.84. The smallest absolute Gasteiger partial charge is 0.0349 e. The Kier molecular flexibility index (Phi) is 5.17. The molecule has 1 heteroatoms. The van der Waals surface area contributed by atoms with Gasteiger partial charge in [0.05, 0.1) is 0 Å². The Morgan fingerprint density at radius 1 is 1.17 bits per heavy atom. The second-order valence-electron chi connectivity index (χ2n) is 6.71. The molecule has 120 valence electrons. The van der Waals surface area contributed by atoms with Gasteiger partial charge in [-0.2, -0.15) is 0 Å². The van der Waals surface area contributed by atoms with Gasteiger partial charge in [-0.05, 0) is 49.2 Å². The zero-order chi connectivity index (χ0) is 16.1. The van der Waals surface area contributed by atoms with Crippen molar-refractivity contribution >= 4 is 0 Å². The van der Waals surface area contributed by atoms with Gasteiger partial charge in [0.15, 0.2) is 0 Å². The van der Waals surface area contributed by atoms with Gasteiger partial charge in [0.2, 0.25) is 0 Å². The monoisotopic (exact) mass is 305 g/mol. The maximum Gasteiger partial charge on any atom is 0.0349 e. The third-order valence-corrected chi connectivity index (χ3v) is 5.00. The minimum absolute atomic E-state index is 0.455. The average Bonchev–Trinajstić information content (AvgIpc) is 2.63.